The maximum Gasteiger partial charge on any atom is 0.237 e. The molecule has 0 aliphatic heterocycles. The van der Waals surface area contributed by atoms with Crippen LogP contribution in [0.4, 0.5) is 0 Å². The van der Waals surface area contributed by atoms with E-state index in [1.807, 2.05) is 38.1 Å². The molecule has 1 amide bonds. The third-order valence-corrected chi connectivity index (χ3v) is 2.75. The summed E-state index contributed by atoms with van der Waals surface area (Å²) in [4.78, 5) is 11.6. The average molecular weight is 236 g/mol. The molecule has 0 spiro atoms. The van der Waals surface area contributed by atoms with Gasteiger partial charge in [-0.2, -0.15) is 0 Å². The molecule has 0 saturated heterocycles. The number of nitrogens with one attached hydrogen (secondary N) is 1. The van der Waals surface area contributed by atoms with Crippen molar-refractivity contribution < 1.29 is 9.53 Å². The second-order valence-electron chi connectivity index (χ2n) is 4.02. The number of hydrogen-bond acceptors (Lipinski definition) is 3. The molecule has 3 N–H and O–H groups in total. The monoisotopic (exact) mass is 236 g/mol. The van der Waals surface area contributed by atoms with Crippen LogP contribution in [-0.2, 0) is 4.79 Å². The van der Waals surface area contributed by atoms with Crippen LogP contribution in [0.1, 0.15) is 31.9 Å². The normalized spacial score (nSPS) is 13.9. The summed E-state index contributed by atoms with van der Waals surface area (Å²) in [6, 6.07) is 7.12. The lowest BCUT2D eigenvalue weighted by atomic mass is 10.1. The van der Waals surface area contributed by atoms with Crippen molar-refractivity contribution in [2.75, 3.05) is 7.11 Å². The van der Waals surface area contributed by atoms with E-state index in [0.29, 0.717) is 6.42 Å². The van der Waals surface area contributed by atoms with Crippen LogP contribution in [0.3, 0.4) is 0 Å². The van der Waals surface area contributed by atoms with Gasteiger partial charge in [-0.05, 0) is 31.0 Å². The first-order valence-electron chi connectivity index (χ1n) is 5.78. The van der Waals surface area contributed by atoms with Crippen LogP contribution in [0.5, 0.6) is 5.75 Å². The van der Waals surface area contributed by atoms with Gasteiger partial charge in [-0.1, -0.05) is 19.1 Å². The number of carbonyl (C=O) groups is 1. The van der Waals surface area contributed by atoms with Crippen molar-refractivity contribution in [3.8, 4) is 5.75 Å². The van der Waals surface area contributed by atoms with Gasteiger partial charge in [-0.3, -0.25) is 4.79 Å². The summed E-state index contributed by atoms with van der Waals surface area (Å²) in [5.41, 5.74) is 6.69. The van der Waals surface area contributed by atoms with Crippen molar-refractivity contribution in [2.45, 2.75) is 32.4 Å². The molecule has 0 radical (unpaired) electrons. The lowest BCUT2D eigenvalue weighted by Gasteiger charge is -2.17. The van der Waals surface area contributed by atoms with E-state index in [9.17, 15) is 4.79 Å². The van der Waals surface area contributed by atoms with E-state index < -0.39 is 6.04 Å². The first-order chi connectivity index (χ1) is 8.08. The minimum atomic E-state index is -0.435. The SMILES string of the molecule is CCC(N)C(=O)N[C@H](C)c1ccc(OC)cc1. The van der Waals surface area contributed by atoms with E-state index in [1.54, 1.807) is 7.11 Å². The molecule has 0 aliphatic rings. The third kappa shape index (κ3) is 3.75. The Balaban J connectivity index is 2.63. The smallest absolute Gasteiger partial charge is 0.237 e. The summed E-state index contributed by atoms with van der Waals surface area (Å²) < 4.78 is 5.08. The minimum Gasteiger partial charge on any atom is -0.497 e. The molecule has 1 aromatic carbocycles. The highest BCUT2D eigenvalue weighted by molar-refractivity contribution is 5.81. The van der Waals surface area contributed by atoms with E-state index in [2.05, 4.69) is 5.32 Å². The van der Waals surface area contributed by atoms with E-state index in [0.717, 1.165) is 11.3 Å². The molecule has 17 heavy (non-hydrogen) atoms. The van der Waals surface area contributed by atoms with Crippen LogP contribution in [0.2, 0.25) is 0 Å². The molecule has 0 fully saturated rings. The van der Waals surface area contributed by atoms with Crippen LogP contribution in [0.15, 0.2) is 24.3 Å². The maximum atomic E-state index is 11.6. The van der Waals surface area contributed by atoms with Gasteiger partial charge in [-0.15, -0.1) is 0 Å². The van der Waals surface area contributed by atoms with Crippen molar-refractivity contribution in [3.05, 3.63) is 29.8 Å². The molecule has 0 aromatic heterocycles. The quantitative estimate of drug-likeness (QED) is 0.816. The molecule has 4 nitrogen and oxygen atoms in total. The summed E-state index contributed by atoms with van der Waals surface area (Å²) in [5, 5.41) is 2.88. The Morgan fingerprint density at radius 2 is 2.00 bits per heavy atom. The molecule has 0 aliphatic carbocycles. The summed E-state index contributed by atoms with van der Waals surface area (Å²) in [6.07, 6.45) is 0.640. The van der Waals surface area contributed by atoms with Crippen LogP contribution in [0.25, 0.3) is 0 Å². The number of ether oxygens (including phenoxy) is 1. The second-order valence-corrected chi connectivity index (χ2v) is 4.02. The molecular formula is C13H20N2O2. The maximum absolute atomic E-state index is 11.6. The van der Waals surface area contributed by atoms with Gasteiger partial charge in [0.05, 0.1) is 19.2 Å². The molecule has 1 rings (SSSR count). The van der Waals surface area contributed by atoms with Gasteiger partial charge in [0.25, 0.3) is 0 Å². The van der Waals surface area contributed by atoms with Crippen molar-refractivity contribution in [2.24, 2.45) is 5.73 Å². The predicted molar refractivity (Wildman–Crippen MR) is 67.8 cm³/mol. The Morgan fingerprint density at radius 3 is 2.47 bits per heavy atom. The van der Waals surface area contributed by atoms with E-state index in [4.69, 9.17) is 10.5 Å². The molecule has 0 saturated carbocycles. The molecule has 94 valence electrons. The largest absolute Gasteiger partial charge is 0.497 e. The van der Waals surface area contributed by atoms with E-state index >= 15 is 0 Å². The lowest BCUT2D eigenvalue weighted by Crippen LogP contribution is -2.41. The van der Waals surface area contributed by atoms with Gasteiger partial charge in [0, 0.05) is 0 Å². The molecule has 4 heteroatoms. The first-order valence-corrected chi connectivity index (χ1v) is 5.78. The minimum absolute atomic E-state index is 0.0500. The van der Waals surface area contributed by atoms with Gasteiger partial charge in [0.2, 0.25) is 5.91 Å². The van der Waals surface area contributed by atoms with Crippen LogP contribution >= 0.6 is 0 Å². The Bertz CT molecular complexity index is 362. The highest BCUT2D eigenvalue weighted by atomic mass is 16.5. The van der Waals surface area contributed by atoms with Crippen molar-refractivity contribution in [3.63, 3.8) is 0 Å². The number of amides is 1. The fourth-order valence-corrected chi connectivity index (χ4v) is 1.48. The Kier molecular flexibility index (Phi) is 4.97. The lowest BCUT2D eigenvalue weighted by molar-refractivity contribution is -0.123. The van der Waals surface area contributed by atoms with Crippen LogP contribution in [-0.4, -0.2) is 19.1 Å². The zero-order chi connectivity index (χ0) is 12.8. The number of methoxy groups -OCH3 is 1. The molecule has 2 atom stereocenters. The Morgan fingerprint density at radius 1 is 1.41 bits per heavy atom. The number of carbonyl (C=O) groups excluding carboxylic acids is 1. The van der Waals surface area contributed by atoms with Gasteiger partial charge in [0.15, 0.2) is 0 Å². The van der Waals surface area contributed by atoms with Gasteiger partial charge in [-0.25, -0.2) is 0 Å². The van der Waals surface area contributed by atoms with E-state index in [1.165, 1.54) is 0 Å². The number of rotatable bonds is 5. The summed E-state index contributed by atoms with van der Waals surface area (Å²) in [7, 11) is 1.63. The molecule has 0 heterocycles. The molecule has 1 unspecified atom stereocenters. The van der Waals surface area contributed by atoms with Crippen molar-refractivity contribution in [1.29, 1.82) is 0 Å². The van der Waals surface area contributed by atoms with E-state index in [-0.39, 0.29) is 11.9 Å². The Labute approximate surface area is 102 Å². The fraction of sp³-hybridized carbons (Fsp3) is 0.462. The Hall–Kier alpha value is -1.55. The molecular weight excluding hydrogens is 216 g/mol. The van der Waals surface area contributed by atoms with Crippen LogP contribution < -0.4 is 15.8 Å². The second kappa shape index (κ2) is 6.25. The number of benzene rings is 1. The van der Waals surface area contributed by atoms with Crippen molar-refractivity contribution >= 4 is 5.91 Å². The zero-order valence-corrected chi connectivity index (χ0v) is 10.6. The van der Waals surface area contributed by atoms with Gasteiger partial charge < -0.3 is 15.8 Å². The predicted octanol–water partition coefficient (Wildman–Crippen LogP) is 1.61. The summed E-state index contributed by atoms with van der Waals surface area (Å²) >= 11 is 0. The third-order valence-electron chi connectivity index (χ3n) is 2.75. The summed E-state index contributed by atoms with van der Waals surface area (Å²) in [5.74, 6) is 0.688. The highest BCUT2D eigenvalue weighted by Crippen LogP contribution is 2.17. The molecule has 0 bridgehead atoms. The standard InChI is InChI=1S/C13H20N2O2/c1-4-12(14)13(16)15-9(2)10-5-7-11(17-3)8-6-10/h5-9,12H,4,14H2,1-3H3,(H,15,16)/t9-,12?/m1/s1. The molecule has 1 aromatic rings. The number of hydrogen-bond donors (Lipinski definition) is 2. The number of nitrogens with two attached hydrogens (primary N) is 1. The first kappa shape index (κ1) is 13.5. The average Bonchev–Trinajstić information content (AvgIpc) is 2.37. The summed E-state index contributed by atoms with van der Waals surface area (Å²) in [6.45, 7) is 3.82. The van der Waals surface area contributed by atoms with Gasteiger partial charge >= 0.3 is 0 Å². The highest BCUT2D eigenvalue weighted by Gasteiger charge is 2.14. The topological polar surface area (TPSA) is 64.4 Å². The van der Waals surface area contributed by atoms with Crippen LogP contribution in [0, 0.1) is 0 Å². The van der Waals surface area contributed by atoms with Crippen molar-refractivity contribution in [1.82, 2.24) is 5.32 Å². The zero-order valence-electron chi connectivity index (χ0n) is 10.6. The van der Waals surface area contributed by atoms with Gasteiger partial charge in [0.1, 0.15) is 5.75 Å². The fourth-order valence-electron chi connectivity index (χ4n) is 1.48.